The van der Waals surface area contributed by atoms with Crippen LogP contribution in [0.25, 0.3) is 0 Å². The molecule has 0 radical (unpaired) electrons. The van der Waals surface area contributed by atoms with Gasteiger partial charge in [0.05, 0.1) is 17.8 Å². The molecule has 6 nitrogen and oxygen atoms in total. The molecule has 2 amide bonds. The molecule has 0 saturated heterocycles. The first-order valence-electron chi connectivity index (χ1n) is 5.94. The van der Waals surface area contributed by atoms with Crippen molar-refractivity contribution in [1.82, 2.24) is 10.3 Å². The molecular formula is C13H12ClN3O3S. The quantitative estimate of drug-likeness (QED) is 0.805. The van der Waals surface area contributed by atoms with Gasteiger partial charge in [-0.15, -0.1) is 11.3 Å². The number of rotatable bonds is 4. The second kappa shape index (κ2) is 6.55. The summed E-state index contributed by atoms with van der Waals surface area (Å²) in [5.41, 5.74) is 0.113. The van der Waals surface area contributed by atoms with Gasteiger partial charge in [0.2, 0.25) is 0 Å². The normalized spacial score (nSPS) is 10.2. The zero-order chi connectivity index (χ0) is 15.4. The summed E-state index contributed by atoms with van der Waals surface area (Å²) in [5.74, 6) is -1.16. The summed E-state index contributed by atoms with van der Waals surface area (Å²) < 4.78 is 0. The maximum Gasteiger partial charge on any atom is 0.337 e. The van der Waals surface area contributed by atoms with E-state index in [9.17, 15) is 9.59 Å². The number of halogens is 1. The van der Waals surface area contributed by atoms with Crippen LogP contribution >= 0.6 is 22.9 Å². The predicted molar refractivity (Wildman–Crippen MR) is 81.1 cm³/mol. The first kappa shape index (κ1) is 15.3. The van der Waals surface area contributed by atoms with Gasteiger partial charge in [0.1, 0.15) is 5.01 Å². The van der Waals surface area contributed by atoms with E-state index in [1.807, 2.05) is 6.92 Å². The molecule has 3 N–H and O–H groups in total. The van der Waals surface area contributed by atoms with Crippen molar-refractivity contribution in [2.24, 2.45) is 0 Å². The molecule has 2 aromatic rings. The van der Waals surface area contributed by atoms with Crippen molar-refractivity contribution in [2.45, 2.75) is 13.5 Å². The number of benzene rings is 1. The van der Waals surface area contributed by atoms with E-state index in [4.69, 9.17) is 16.7 Å². The molecule has 0 aliphatic heterocycles. The molecule has 2 rings (SSSR count). The van der Waals surface area contributed by atoms with E-state index in [1.165, 1.54) is 29.5 Å². The summed E-state index contributed by atoms with van der Waals surface area (Å²) in [7, 11) is 0. The molecule has 110 valence electrons. The van der Waals surface area contributed by atoms with Crippen LogP contribution in [0.3, 0.4) is 0 Å². The molecule has 0 atom stereocenters. The van der Waals surface area contributed by atoms with Gasteiger partial charge in [0, 0.05) is 16.1 Å². The fourth-order valence-corrected chi connectivity index (χ4v) is 2.51. The topological polar surface area (TPSA) is 91.3 Å². The van der Waals surface area contributed by atoms with E-state index in [1.54, 1.807) is 6.20 Å². The molecule has 21 heavy (non-hydrogen) atoms. The number of carboxylic acids is 1. The molecule has 1 heterocycles. The van der Waals surface area contributed by atoms with Gasteiger partial charge in [0.25, 0.3) is 0 Å². The maximum absolute atomic E-state index is 11.8. The standard InChI is InChI=1S/C13H12ClN3O3S/c1-7-5-15-11(21-7)6-16-13(20)17-10-3-2-8(14)4-9(10)12(18)19/h2-5H,6H2,1H3,(H,18,19)(H2,16,17,20). The van der Waals surface area contributed by atoms with Crippen molar-refractivity contribution in [3.8, 4) is 0 Å². The van der Waals surface area contributed by atoms with Gasteiger partial charge in [-0.05, 0) is 25.1 Å². The van der Waals surface area contributed by atoms with E-state index in [2.05, 4.69) is 15.6 Å². The summed E-state index contributed by atoms with van der Waals surface area (Å²) in [6.45, 7) is 2.20. The Balaban J connectivity index is 2.01. The number of thiazole rings is 1. The Kier molecular flexibility index (Phi) is 4.77. The number of carboxylic acid groups (broad SMARTS) is 1. The highest BCUT2D eigenvalue weighted by Crippen LogP contribution is 2.20. The van der Waals surface area contributed by atoms with E-state index in [0.29, 0.717) is 0 Å². The Bertz CT molecular complexity index is 687. The zero-order valence-corrected chi connectivity index (χ0v) is 12.6. The number of anilines is 1. The van der Waals surface area contributed by atoms with Crippen LogP contribution in [0.2, 0.25) is 5.02 Å². The van der Waals surface area contributed by atoms with Crippen LogP contribution in [0.4, 0.5) is 10.5 Å². The molecule has 0 unspecified atom stereocenters. The first-order chi connectivity index (χ1) is 9.95. The van der Waals surface area contributed by atoms with E-state index in [0.717, 1.165) is 9.88 Å². The minimum atomic E-state index is -1.16. The van der Waals surface area contributed by atoms with Gasteiger partial charge >= 0.3 is 12.0 Å². The lowest BCUT2D eigenvalue weighted by molar-refractivity contribution is 0.0698. The number of nitrogens with one attached hydrogen (secondary N) is 2. The first-order valence-corrected chi connectivity index (χ1v) is 7.14. The summed E-state index contributed by atoms with van der Waals surface area (Å²) in [6, 6.07) is 3.73. The Morgan fingerprint density at radius 3 is 2.81 bits per heavy atom. The van der Waals surface area contributed by atoms with Gasteiger partial charge < -0.3 is 15.7 Å². The highest BCUT2D eigenvalue weighted by atomic mass is 35.5. The maximum atomic E-state index is 11.8. The van der Waals surface area contributed by atoms with Crippen LogP contribution < -0.4 is 10.6 Å². The van der Waals surface area contributed by atoms with Crippen molar-refractivity contribution >= 4 is 40.6 Å². The number of aromatic carboxylic acids is 1. The second-order valence-electron chi connectivity index (χ2n) is 4.17. The highest BCUT2D eigenvalue weighted by Gasteiger charge is 2.13. The Labute approximate surface area is 129 Å². The second-order valence-corrected chi connectivity index (χ2v) is 5.92. The third kappa shape index (κ3) is 4.17. The van der Waals surface area contributed by atoms with Crippen LogP contribution in [-0.2, 0) is 6.54 Å². The van der Waals surface area contributed by atoms with Gasteiger partial charge in [-0.2, -0.15) is 0 Å². The molecule has 1 aromatic heterocycles. The van der Waals surface area contributed by atoms with Crippen LogP contribution in [0, 0.1) is 6.92 Å². The van der Waals surface area contributed by atoms with Gasteiger partial charge in [-0.3, -0.25) is 0 Å². The summed E-state index contributed by atoms with van der Waals surface area (Å²) in [6.07, 6.45) is 1.72. The fraction of sp³-hybridized carbons (Fsp3) is 0.154. The highest BCUT2D eigenvalue weighted by molar-refractivity contribution is 7.11. The van der Waals surface area contributed by atoms with E-state index in [-0.39, 0.29) is 22.8 Å². The largest absolute Gasteiger partial charge is 0.478 e. The molecule has 0 bridgehead atoms. The van der Waals surface area contributed by atoms with Crippen molar-refractivity contribution in [1.29, 1.82) is 0 Å². The number of urea groups is 1. The number of carbonyl (C=O) groups excluding carboxylic acids is 1. The number of aryl methyl sites for hydroxylation is 1. The van der Waals surface area contributed by atoms with Crippen LogP contribution in [0.15, 0.2) is 24.4 Å². The number of aromatic nitrogens is 1. The number of hydrogen-bond acceptors (Lipinski definition) is 4. The van der Waals surface area contributed by atoms with Crippen molar-refractivity contribution in [3.63, 3.8) is 0 Å². The summed E-state index contributed by atoms with van der Waals surface area (Å²) in [5, 5.41) is 15.2. The van der Waals surface area contributed by atoms with Gasteiger partial charge in [-0.1, -0.05) is 11.6 Å². The lowest BCUT2D eigenvalue weighted by atomic mass is 10.2. The molecule has 0 aliphatic rings. The summed E-state index contributed by atoms with van der Waals surface area (Å²) >= 11 is 7.22. The number of carbonyl (C=O) groups is 2. The molecule has 0 saturated carbocycles. The molecule has 1 aromatic carbocycles. The summed E-state index contributed by atoms with van der Waals surface area (Å²) in [4.78, 5) is 28.1. The molecule has 0 aliphatic carbocycles. The monoisotopic (exact) mass is 325 g/mol. The van der Waals surface area contributed by atoms with Crippen molar-refractivity contribution in [3.05, 3.63) is 44.9 Å². The minimum Gasteiger partial charge on any atom is -0.478 e. The third-order valence-electron chi connectivity index (χ3n) is 2.53. The van der Waals surface area contributed by atoms with Gasteiger partial charge in [-0.25, -0.2) is 14.6 Å². The van der Waals surface area contributed by atoms with Crippen molar-refractivity contribution < 1.29 is 14.7 Å². The van der Waals surface area contributed by atoms with Crippen molar-refractivity contribution in [2.75, 3.05) is 5.32 Å². The SMILES string of the molecule is Cc1cnc(CNC(=O)Nc2ccc(Cl)cc2C(=O)O)s1. The van der Waals surface area contributed by atoms with Gasteiger partial charge in [0.15, 0.2) is 0 Å². The molecule has 0 spiro atoms. The molecule has 8 heteroatoms. The van der Waals surface area contributed by atoms with E-state index < -0.39 is 12.0 Å². The van der Waals surface area contributed by atoms with E-state index >= 15 is 0 Å². The smallest absolute Gasteiger partial charge is 0.337 e. The average Bonchev–Trinajstić information content (AvgIpc) is 2.84. The predicted octanol–water partition coefficient (Wildman–Crippen LogP) is 3.12. The minimum absolute atomic E-state index is 0.0669. The fourth-order valence-electron chi connectivity index (χ4n) is 1.61. The number of hydrogen-bond donors (Lipinski definition) is 3. The zero-order valence-electron chi connectivity index (χ0n) is 11.0. The Morgan fingerprint density at radius 2 is 2.19 bits per heavy atom. The van der Waals surface area contributed by atoms with Crippen LogP contribution in [0.1, 0.15) is 20.2 Å². The average molecular weight is 326 g/mol. The number of nitrogens with zero attached hydrogens (tertiary/aromatic N) is 1. The lowest BCUT2D eigenvalue weighted by Gasteiger charge is -2.09. The third-order valence-corrected chi connectivity index (χ3v) is 3.68. The molecular weight excluding hydrogens is 314 g/mol. The molecule has 0 fully saturated rings. The van der Waals surface area contributed by atoms with Crippen LogP contribution in [0.5, 0.6) is 0 Å². The Morgan fingerprint density at radius 1 is 1.43 bits per heavy atom. The number of amides is 2. The van der Waals surface area contributed by atoms with Crippen LogP contribution in [-0.4, -0.2) is 22.1 Å². The lowest BCUT2D eigenvalue weighted by Crippen LogP contribution is -2.28. The Hall–Kier alpha value is -2.12.